The highest BCUT2D eigenvalue weighted by Crippen LogP contribution is 2.38. The third kappa shape index (κ3) is 3.57. The smallest absolute Gasteiger partial charge is 0.495 e. The summed E-state index contributed by atoms with van der Waals surface area (Å²) in [6, 6.07) is 2.56. The second-order valence-corrected chi connectivity index (χ2v) is 4.17. The van der Waals surface area contributed by atoms with Crippen LogP contribution in [0.3, 0.4) is 0 Å². The first-order chi connectivity index (χ1) is 6.83. The van der Waals surface area contributed by atoms with Crippen LogP contribution in [0.2, 0.25) is 0 Å². The van der Waals surface area contributed by atoms with Crippen molar-refractivity contribution in [3.8, 4) is 11.5 Å². The summed E-state index contributed by atoms with van der Waals surface area (Å²) in [6.07, 6.45) is -4.72. The van der Waals surface area contributed by atoms with Crippen LogP contribution in [-0.4, -0.2) is 13.5 Å². The summed E-state index contributed by atoms with van der Waals surface area (Å²) < 4.78 is 45.2. The topological polar surface area (TPSA) is 18.5 Å². The molecule has 0 unspecified atom stereocenters. The Labute approximate surface area is 101 Å². The molecule has 0 saturated heterocycles. The average molecular weight is 350 g/mol. The van der Waals surface area contributed by atoms with Crippen molar-refractivity contribution in [2.75, 3.05) is 7.11 Å². The number of ether oxygens (including phenoxy) is 2. The first-order valence-electron chi connectivity index (χ1n) is 3.62. The van der Waals surface area contributed by atoms with E-state index in [1.165, 1.54) is 13.2 Å². The fourth-order valence-corrected chi connectivity index (χ4v) is 2.11. The normalized spacial score (nSPS) is 11.3. The van der Waals surface area contributed by atoms with Crippen LogP contribution in [0.15, 0.2) is 21.1 Å². The Morgan fingerprint density at radius 2 is 1.60 bits per heavy atom. The molecule has 15 heavy (non-hydrogen) atoms. The van der Waals surface area contributed by atoms with Crippen LogP contribution in [0.25, 0.3) is 0 Å². The van der Waals surface area contributed by atoms with Crippen molar-refractivity contribution in [3.05, 3.63) is 21.1 Å². The number of methoxy groups -OCH3 is 1. The summed E-state index contributed by atoms with van der Waals surface area (Å²) in [7, 11) is 1.35. The number of hydrogen-bond donors (Lipinski definition) is 0. The second-order valence-electron chi connectivity index (χ2n) is 2.46. The molecular weight excluding hydrogens is 345 g/mol. The summed E-state index contributed by atoms with van der Waals surface area (Å²) in [5.41, 5.74) is 0. The number of benzene rings is 1. The standard InChI is InChI=1S/C8H5Br2F3O2/c1-14-6-3-7(15-8(11,12)13)5(10)2-4(6)9/h2-3H,1H3. The van der Waals surface area contributed by atoms with Gasteiger partial charge in [0.25, 0.3) is 0 Å². The van der Waals surface area contributed by atoms with Gasteiger partial charge in [-0.15, -0.1) is 13.2 Å². The van der Waals surface area contributed by atoms with E-state index in [2.05, 4.69) is 36.6 Å². The predicted molar refractivity (Wildman–Crippen MR) is 55.1 cm³/mol. The summed E-state index contributed by atoms with van der Waals surface area (Å²) in [5, 5.41) is 0. The SMILES string of the molecule is COc1cc(OC(F)(F)F)c(Br)cc1Br. The van der Waals surface area contributed by atoms with Crippen LogP contribution in [0, 0.1) is 0 Å². The molecule has 0 fully saturated rings. The molecule has 0 aliphatic rings. The van der Waals surface area contributed by atoms with Gasteiger partial charge in [0.1, 0.15) is 11.5 Å². The van der Waals surface area contributed by atoms with Crippen LogP contribution in [0.1, 0.15) is 0 Å². The molecule has 0 heterocycles. The van der Waals surface area contributed by atoms with Crippen LogP contribution in [0.4, 0.5) is 13.2 Å². The quantitative estimate of drug-likeness (QED) is 0.799. The Morgan fingerprint density at radius 3 is 2.07 bits per heavy atom. The van der Waals surface area contributed by atoms with Gasteiger partial charge in [-0.25, -0.2) is 0 Å². The third-order valence-corrected chi connectivity index (χ3v) is 2.67. The lowest BCUT2D eigenvalue weighted by atomic mass is 10.3. The Morgan fingerprint density at radius 1 is 1.07 bits per heavy atom. The van der Waals surface area contributed by atoms with E-state index in [1.54, 1.807) is 0 Å². The van der Waals surface area contributed by atoms with Crippen molar-refractivity contribution >= 4 is 31.9 Å². The number of rotatable bonds is 2. The zero-order valence-corrected chi connectivity index (χ0v) is 10.5. The van der Waals surface area contributed by atoms with Crippen molar-refractivity contribution in [1.82, 2.24) is 0 Å². The van der Waals surface area contributed by atoms with Crippen LogP contribution in [-0.2, 0) is 0 Å². The lowest BCUT2D eigenvalue weighted by Crippen LogP contribution is -2.17. The van der Waals surface area contributed by atoms with Crippen molar-refractivity contribution in [2.45, 2.75) is 6.36 Å². The van der Waals surface area contributed by atoms with Crippen molar-refractivity contribution in [3.63, 3.8) is 0 Å². The van der Waals surface area contributed by atoms with E-state index in [9.17, 15) is 13.2 Å². The summed E-state index contributed by atoms with van der Waals surface area (Å²) in [4.78, 5) is 0. The Kier molecular flexibility index (Phi) is 3.88. The van der Waals surface area contributed by atoms with Crippen LogP contribution < -0.4 is 9.47 Å². The Hall–Kier alpha value is -0.430. The average Bonchev–Trinajstić information content (AvgIpc) is 2.07. The summed E-state index contributed by atoms with van der Waals surface area (Å²) >= 11 is 6.08. The minimum Gasteiger partial charge on any atom is -0.495 e. The maximum atomic E-state index is 12.0. The molecule has 2 nitrogen and oxygen atoms in total. The second kappa shape index (κ2) is 4.61. The highest BCUT2D eigenvalue weighted by atomic mass is 79.9. The molecule has 0 aromatic heterocycles. The zero-order chi connectivity index (χ0) is 11.6. The van der Waals surface area contributed by atoms with E-state index in [0.29, 0.717) is 4.47 Å². The predicted octanol–water partition coefficient (Wildman–Crippen LogP) is 4.12. The lowest BCUT2D eigenvalue weighted by Gasteiger charge is -2.12. The molecule has 0 N–H and O–H groups in total. The molecule has 84 valence electrons. The highest BCUT2D eigenvalue weighted by molar-refractivity contribution is 9.11. The number of hydrogen-bond acceptors (Lipinski definition) is 2. The van der Waals surface area contributed by atoms with E-state index < -0.39 is 6.36 Å². The molecule has 7 heteroatoms. The fraction of sp³-hybridized carbons (Fsp3) is 0.250. The maximum Gasteiger partial charge on any atom is 0.573 e. The van der Waals surface area contributed by atoms with Gasteiger partial charge in [-0.05, 0) is 37.9 Å². The minimum absolute atomic E-state index is 0.188. The highest BCUT2D eigenvalue weighted by Gasteiger charge is 2.32. The Bertz CT molecular complexity index is 366. The zero-order valence-electron chi connectivity index (χ0n) is 7.36. The number of alkyl halides is 3. The van der Waals surface area contributed by atoms with Crippen molar-refractivity contribution in [2.24, 2.45) is 0 Å². The van der Waals surface area contributed by atoms with Gasteiger partial charge < -0.3 is 9.47 Å². The van der Waals surface area contributed by atoms with Gasteiger partial charge in [-0.1, -0.05) is 0 Å². The molecule has 0 saturated carbocycles. The van der Waals surface area contributed by atoms with Crippen LogP contribution >= 0.6 is 31.9 Å². The molecule has 0 spiro atoms. The van der Waals surface area contributed by atoms with Gasteiger partial charge in [0.15, 0.2) is 0 Å². The third-order valence-electron chi connectivity index (χ3n) is 1.43. The molecule has 0 bridgehead atoms. The summed E-state index contributed by atoms with van der Waals surface area (Å²) in [6.45, 7) is 0. The van der Waals surface area contributed by atoms with E-state index in [0.717, 1.165) is 6.07 Å². The largest absolute Gasteiger partial charge is 0.573 e. The number of halogens is 5. The van der Waals surface area contributed by atoms with Gasteiger partial charge >= 0.3 is 6.36 Å². The molecule has 1 aromatic carbocycles. The summed E-state index contributed by atoms with van der Waals surface area (Å²) in [5.74, 6) is -0.0833. The maximum absolute atomic E-state index is 12.0. The fourth-order valence-electron chi connectivity index (χ4n) is 0.870. The molecule has 0 aliphatic carbocycles. The van der Waals surface area contributed by atoms with Crippen molar-refractivity contribution < 1.29 is 22.6 Å². The van der Waals surface area contributed by atoms with E-state index in [1.807, 2.05) is 0 Å². The molecule has 0 aliphatic heterocycles. The van der Waals surface area contributed by atoms with Gasteiger partial charge in [0.2, 0.25) is 0 Å². The molecule has 1 aromatic rings. The van der Waals surface area contributed by atoms with E-state index >= 15 is 0 Å². The molecule has 0 atom stereocenters. The van der Waals surface area contributed by atoms with Crippen molar-refractivity contribution in [1.29, 1.82) is 0 Å². The first kappa shape index (κ1) is 12.6. The van der Waals surface area contributed by atoms with Gasteiger partial charge in [-0.3, -0.25) is 0 Å². The molecule has 0 radical (unpaired) electrons. The molecule has 0 amide bonds. The van der Waals surface area contributed by atoms with E-state index in [-0.39, 0.29) is 16.0 Å². The molecular formula is C8H5Br2F3O2. The van der Waals surface area contributed by atoms with E-state index in [4.69, 9.17) is 4.74 Å². The van der Waals surface area contributed by atoms with Gasteiger partial charge in [0, 0.05) is 6.07 Å². The Balaban J connectivity index is 3.08. The van der Waals surface area contributed by atoms with Crippen LogP contribution in [0.5, 0.6) is 11.5 Å². The van der Waals surface area contributed by atoms with Gasteiger partial charge in [0.05, 0.1) is 16.1 Å². The monoisotopic (exact) mass is 348 g/mol. The minimum atomic E-state index is -4.72. The molecule has 1 rings (SSSR count). The lowest BCUT2D eigenvalue weighted by molar-refractivity contribution is -0.274. The first-order valence-corrected chi connectivity index (χ1v) is 5.21. The van der Waals surface area contributed by atoms with Gasteiger partial charge in [-0.2, -0.15) is 0 Å².